The highest BCUT2D eigenvalue weighted by Gasteiger charge is 2.07. The molecule has 0 aliphatic rings. The van der Waals surface area contributed by atoms with E-state index < -0.39 is 11.6 Å². The first-order valence-electron chi connectivity index (χ1n) is 6.18. The fraction of sp³-hybridized carbons (Fsp3) is 0.0667. The van der Waals surface area contributed by atoms with Crippen molar-refractivity contribution < 1.29 is 13.5 Å². The predicted octanol–water partition coefficient (Wildman–Crippen LogP) is 3.66. The Morgan fingerprint density at radius 3 is 2.62 bits per heavy atom. The molecule has 1 heterocycles. The summed E-state index contributed by atoms with van der Waals surface area (Å²) in [4.78, 5) is 8.29. The first-order chi connectivity index (χ1) is 10.2. The molecule has 0 atom stereocenters. The van der Waals surface area contributed by atoms with Crippen molar-refractivity contribution in [2.75, 3.05) is 12.4 Å². The largest absolute Gasteiger partial charge is 0.497 e. The van der Waals surface area contributed by atoms with Crippen LogP contribution in [-0.2, 0) is 0 Å². The van der Waals surface area contributed by atoms with E-state index in [1.807, 2.05) is 0 Å². The number of fused-ring (bicyclic) bond motifs is 1. The van der Waals surface area contributed by atoms with E-state index in [9.17, 15) is 8.78 Å². The van der Waals surface area contributed by atoms with Crippen molar-refractivity contribution in [3.63, 3.8) is 0 Å². The number of hydrogen-bond donors (Lipinski definition) is 1. The maximum Gasteiger partial charge on any atom is 0.160 e. The minimum atomic E-state index is -0.917. The van der Waals surface area contributed by atoms with Gasteiger partial charge in [-0.3, -0.25) is 0 Å². The van der Waals surface area contributed by atoms with Crippen LogP contribution in [0.4, 0.5) is 20.3 Å². The summed E-state index contributed by atoms with van der Waals surface area (Å²) in [7, 11) is 1.57. The molecule has 0 aliphatic carbocycles. The zero-order chi connectivity index (χ0) is 14.8. The molecule has 2 aromatic carbocycles. The van der Waals surface area contributed by atoms with Gasteiger partial charge in [-0.05, 0) is 24.3 Å². The Morgan fingerprint density at radius 2 is 1.86 bits per heavy atom. The van der Waals surface area contributed by atoms with Gasteiger partial charge >= 0.3 is 0 Å². The van der Waals surface area contributed by atoms with Gasteiger partial charge in [0.05, 0.1) is 12.6 Å². The van der Waals surface area contributed by atoms with Crippen LogP contribution < -0.4 is 10.1 Å². The summed E-state index contributed by atoms with van der Waals surface area (Å²) in [6.07, 6.45) is 1.39. The molecule has 0 fully saturated rings. The zero-order valence-corrected chi connectivity index (χ0v) is 11.1. The Kier molecular flexibility index (Phi) is 3.35. The third-order valence-corrected chi connectivity index (χ3v) is 3.03. The van der Waals surface area contributed by atoms with E-state index in [2.05, 4.69) is 15.3 Å². The Hall–Kier alpha value is -2.76. The lowest BCUT2D eigenvalue weighted by Crippen LogP contribution is -1.97. The molecular weight excluding hydrogens is 276 g/mol. The Labute approximate surface area is 119 Å². The van der Waals surface area contributed by atoms with Gasteiger partial charge in [0, 0.05) is 23.2 Å². The van der Waals surface area contributed by atoms with Crippen molar-refractivity contribution in [1.29, 1.82) is 0 Å². The van der Waals surface area contributed by atoms with Crippen molar-refractivity contribution in [2.24, 2.45) is 0 Å². The molecule has 0 bridgehead atoms. The molecule has 1 aromatic heterocycles. The molecule has 21 heavy (non-hydrogen) atoms. The van der Waals surface area contributed by atoms with Crippen molar-refractivity contribution >= 4 is 22.4 Å². The van der Waals surface area contributed by atoms with Crippen LogP contribution in [-0.4, -0.2) is 17.1 Å². The van der Waals surface area contributed by atoms with Crippen LogP contribution >= 0.6 is 0 Å². The maximum atomic E-state index is 13.2. The molecule has 0 unspecified atom stereocenters. The number of nitrogens with zero attached hydrogens (tertiary/aromatic N) is 2. The van der Waals surface area contributed by atoms with Crippen molar-refractivity contribution in [2.45, 2.75) is 0 Å². The van der Waals surface area contributed by atoms with Crippen LogP contribution in [0.2, 0.25) is 0 Å². The molecule has 0 radical (unpaired) electrons. The van der Waals surface area contributed by atoms with Crippen LogP contribution in [0.5, 0.6) is 5.75 Å². The molecule has 3 rings (SSSR count). The number of methoxy groups -OCH3 is 1. The topological polar surface area (TPSA) is 47.0 Å². The molecule has 1 N–H and O–H groups in total. The molecule has 0 spiro atoms. The van der Waals surface area contributed by atoms with E-state index in [4.69, 9.17) is 4.74 Å². The van der Waals surface area contributed by atoms with Gasteiger partial charge in [0.25, 0.3) is 0 Å². The average molecular weight is 287 g/mol. The van der Waals surface area contributed by atoms with Crippen molar-refractivity contribution in [3.05, 3.63) is 54.4 Å². The van der Waals surface area contributed by atoms with Crippen molar-refractivity contribution in [3.8, 4) is 5.75 Å². The molecule has 6 heteroatoms. The van der Waals surface area contributed by atoms with E-state index in [1.165, 1.54) is 12.4 Å². The van der Waals surface area contributed by atoms with Crippen LogP contribution in [0.15, 0.2) is 42.7 Å². The molecule has 0 saturated heterocycles. The summed E-state index contributed by atoms with van der Waals surface area (Å²) in [5.74, 6) is -0.619. The molecule has 0 saturated carbocycles. The van der Waals surface area contributed by atoms with E-state index in [0.29, 0.717) is 22.8 Å². The lowest BCUT2D eigenvalue weighted by atomic mass is 10.2. The summed E-state index contributed by atoms with van der Waals surface area (Å²) in [5.41, 5.74) is 1.10. The normalized spacial score (nSPS) is 10.6. The lowest BCUT2D eigenvalue weighted by molar-refractivity contribution is 0.415. The second-order valence-electron chi connectivity index (χ2n) is 4.36. The number of anilines is 2. The number of ether oxygens (including phenoxy) is 1. The summed E-state index contributed by atoms with van der Waals surface area (Å²) in [5, 5.41) is 3.71. The minimum Gasteiger partial charge on any atom is -0.497 e. The highest BCUT2D eigenvalue weighted by Crippen LogP contribution is 2.26. The third-order valence-electron chi connectivity index (χ3n) is 3.03. The van der Waals surface area contributed by atoms with Gasteiger partial charge in [-0.2, -0.15) is 0 Å². The van der Waals surface area contributed by atoms with E-state index in [-0.39, 0.29) is 0 Å². The second kappa shape index (κ2) is 5.32. The fourth-order valence-electron chi connectivity index (χ4n) is 1.97. The van der Waals surface area contributed by atoms with Crippen LogP contribution in [0, 0.1) is 11.6 Å². The summed E-state index contributed by atoms with van der Waals surface area (Å²) in [6.45, 7) is 0. The van der Waals surface area contributed by atoms with Crippen molar-refractivity contribution in [1.82, 2.24) is 9.97 Å². The van der Waals surface area contributed by atoms with Gasteiger partial charge < -0.3 is 10.1 Å². The van der Waals surface area contributed by atoms with E-state index in [0.717, 1.165) is 17.5 Å². The highest BCUT2D eigenvalue weighted by atomic mass is 19.2. The summed E-state index contributed by atoms with van der Waals surface area (Å²) in [6, 6.07) is 8.93. The first kappa shape index (κ1) is 13.2. The molecule has 3 aromatic rings. The van der Waals surface area contributed by atoms with Gasteiger partial charge in [0.1, 0.15) is 17.9 Å². The number of hydrogen-bond acceptors (Lipinski definition) is 4. The quantitative estimate of drug-likeness (QED) is 0.798. The van der Waals surface area contributed by atoms with E-state index in [1.54, 1.807) is 25.3 Å². The summed E-state index contributed by atoms with van der Waals surface area (Å²) >= 11 is 0. The maximum absolute atomic E-state index is 13.2. The van der Waals surface area contributed by atoms with E-state index >= 15 is 0 Å². The van der Waals surface area contributed by atoms with Crippen LogP contribution in [0.3, 0.4) is 0 Å². The minimum absolute atomic E-state index is 0.407. The lowest BCUT2D eigenvalue weighted by Gasteiger charge is -2.09. The van der Waals surface area contributed by atoms with Gasteiger partial charge in [-0.15, -0.1) is 0 Å². The predicted molar refractivity (Wildman–Crippen MR) is 75.7 cm³/mol. The van der Waals surface area contributed by atoms with Gasteiger partial charge in [0.2, 0.25) is 0 Å². The number of aromatic nitrogens is 2. The Balaban J connectivity index is 2.02. The first-order valence-corrected chi connectivity index (χ1v) is 6.18. The molecule has 4 nitrogen and oxygen atoms in total. The van der Waals surface area contributed by atoms with Gasteiger partial charge in [0.15, 0.2) is 11.6 Å². The van der Waals surface area contributed by atoms with Crippen LogP contribution in [0.25, 0.3) is 10.9 Å². The highest BCUT2D eigenvalue weighted by molar-refractivity contribution is 5.91. The smallest absolute Gasteiger partial charge is 0.160 e. The average Bonchev–Trinajstić information content (AvgIpc) is 2.50. The Morgan fingerprint density at radius 1 is 1.00 bits per heavy atom. The summed E-state index contributed by atoms with van der Waals surface area (Å²) < 4.78 is 31.3. The monoisotopic (exact) mass is 287 g/mol. The third kappa shape index (κ3) is 2.60. The zero-order valence-electron chi connectivity index (χ0n) is 11.1. The molecule has 0 aliphatic heterocycles. The number of nitrogens with one attached hydrogen (secondary N) is 1. The SMILES string of the molecule is COc1ccc2c(Nc3ccc(F)c(F)c3)ncnc2c1. The molecule has 0 amide bonds. The Bertz CT molecular complexity index is 808. The van der Waals surface area contributed by atoms with Crippen LogP contribution in [0.1, 0.15) is 0 Å². The number of benzene rings is 2. The standard InChI is InChI=1S/C15H11F2N3O/c1-21-10-3-4-11-14(7-10)18-8-19-15(11)20-9-2-5-12(16)13(17)6-9/h2-8H,1H3,(H,18,19,20). The number of rotatable bonds is 3. The molecular formula is C15H11F2N3O. The van der Waals surface area contributed by atoms with Gasteiger partial charge in [-0.25, -0.2) is 18.7 Å². The fourth-order valence-corrected chi connectivity index (χ4v) is 1.97. The molecule has 106 valence electrons. The number of halogens is 2. The second-order valence-corrected chi connectivity index (χ2v) is 4.36. The van der Waals surface area contributed by atoms with Gasteiger partial charge in [-0.1, -0.05) is 0 Å².